The fourth-order valence-electron chi connectivity index (χ4n) is 8.77. The Balaban J connectivity index is 0.861. The van der Waals surface area contributed by atoms with Crippen LogP contribution in [0.3, 0.4) is 0 Å². The second kappa shape index (κ2) is 18.2. The van der Waals surface area contributed by atoms with Crippen LogP contribution in [0.5, 0.6) is 5.88 Å². The van der Waals surface area contributed by atoms with Crippen molar-refractivity contribution in [2.45, 2.75) is 64.8 Å². The average Bonchev–Trinajstić information content (AvgIpc) is 3.82. The SMILES string of the molecule is CC[C@H](C)CCCOc1c(-c2cc(C(=O)Nc3nc4ccc(N5CCN(CC6CN(c7cc(F)c([C@H]8CCC(=O)NC8=O)c(F)c7)C6)[C@@H](CO)C5)cc4[nH]3)cc(C)n2)cnn1C. The quantitative estimate of drug-likeness (QED) is 0.0770. The number of halogens is 2. The number of amides is 3. The van der Waals surface area contributed by atoms with Gasteiger partial charge in [-0.2, -0.15) is 5.10 Å². The first kappa shape index (κ1) is 42.7. The molecule has 0 bridgehead atoms. The average molecular weight is 853 g/mol. The number of fused-ring (bicyclic) bond motifs is 1. The Bertz CT molecular complexity index is 2440. The number of aliphatic hydroxyl groups is 1. The molecule has 3 aliphatic heterocycles. The van der Waals surface area contributed by atoms with Crippen LogP contribution in [0.15, 0.2) is 48.7 Å². The Hall–Kier alpha value is -5.94. The first-order valence-corrected chi connectivity index (χ1v) is 21.5. The fraction of sp³-hybridized carbons (Fsp3) is 0.467. The number of carbonyl (C=O) groups is 3. The number of piperazine rings is 1. The molecule has 328 valence electrons. The van der Waals surface area contributed by atoms with Gasteiger partial charge in [0.05, 0.1) is 53.7 Å². The number of H-pyrrole nitrogens is 1. The van der Waals surface area contributed by atoms with Gasteiger partial charge in [0.2, 0.25) is 23.6 Å². The molecule has 0 radical (unpaired) electrons. The number of rotatable bonds is 15. The highest BCUT2D eigenvalue weighted by Crippen LogP contribution is 2.35. The number of imidazole rings is 1. The van der Waals surface area contributed by atoms with E-state index in [1.165, 1.54) is 12.1 Å². The second-order valence-electron chi connectivity index (χ2n) is 17.0. The van der Waals surface area contributed by atoms with Gasteiger partial charge in [-0.1, -0.05) is 20.3 Å². The van der Waals surface area contributed by atoms with Crippen LogP contribution in [0, 0.1) is 30.4 Å². The number of piperidine rings is 1. The molecule has 3 saturated heterocycles. The Labute approximate surface area is 358 Å². The number of aliphatic hydroxyl groups excluding tert-OH is 1. The lowest BCUT2D eigenvalue weighted by Gasteiger charge is -2.47. The molecule has 3 aromatic heterocycles. The number of aryl methyl sites for hydroxylation is 2. The molecule has 0 aliphatic carbocycles. The van der Waals surface area contributed by atoms with Crippen molar-refractivity contribution in [3.05, 3.63) is 77.1 Å². The van der Waals surface area contributed by atoms with Crippen LogP contribution in [-0.2, 0) is 16.6 Å². The number of nitrogens with one attached hydrogen (secondary N) is 3. The maximum absolute atomic E-state index is 15.2. The molecular weight excluding hydrogens is 799 g/mol. The lowest BCUT2D eigenvalue weighted by atomic mass is 9.89. The number of nitrogens with zero attached hydrogens (tertiary/aromatic N) is 7. The molecule has 3 amide bonds. The minimum Gasteiger partial charge on any atom is -0.477 e. The van der Waals surface area contributed by atoms with Crippen LogP contribution in [-0.4, -0.2) is 111 Å². The first-order valence-electron chi connectivity index (χ1n) is 21.5. The molecule has 0 saturated carbocycles. The monoisotopic (exact) mass is 852 g/mol. The number of carbonyl (C=O) groups excluding carboxylic acids is 3. The highest BCUT2D eigenvalue weighted by molar-refractivity contribution is 6.05. The predicted molar refractivity (Wildman–Crippen MR) is 231 cm³/mol. The van der Waals surface area contributed by atoms with Gasteiger partial charge in [-0.3, -0.25) is 34.9 Å². The Kier molecular flexibility index (Phi) is 12.5. The van der Waals surface area contributed by atoms with Crippen molar-refractivity contribution in [3.8, 4) is 17.1 Å². The lowest BCUT2D eigenvalue weighted by molar-refractivity contribution is -0.134. The molecule has 3 fully saturated rings. The summed E-state index contributed by atoms with van der Waals surface area (Å²) in [6.45, 7) is 10.8. The Morgan fingerprint density at radius 3 is 2.56 bits per heavy atom. The number of aromatic nitrogens is 5. The summed E-state index contributed by atoms with van der Waals surface area (Å²) in [5.41, 5.74) is 4.93. The molecule has 62 heavy (non-hydrogen) atoms. The number of anilines is 3. The van der Waals surface area contributed by atoms with Crippen LogP contribution < -0.4 is 25.2 Å². The third-order valence-electron chi connectivity index (χ3n) is 12.5. The zero-order valence-electron chi connectivity index (χ0n) is 35.6. The number of imide groups is 1. The maximum Gasteiger partial charge on any atom is 0.258 e. The van der Waals surface area contributed by atoms with Crippen LogP contribution in [0.25, 0.3) is 22.3 Å². The van der Waals surface area contributed by atoms with Gasteiger partial charge in [0, 0.05) is 86.9 Å². The highest BCUT2D eigenvalue weighted by Gasteiger charge is 2.36. The van der Waals surface area contributed by atoms with Crippen molar-refractivity contribution >= 4 is 46.1 Å². The topological polar surface area (TPSA) is 174 Å². The molecule has 15 nitrogen and oxygen atoms in total. The summed E-state index contributed by atoms with van der Waals surface area (Å²) in [7, 11) is 1.83. The van der Waals surface area contributed by atoms with E-state index in [4.69, 9.17) is 9.72 Å². The molecule has 6 heterocycles. The summed E-state index contributed by atoms with van der Waals surface area (Å²) in [5.74, 6) is -2.27. The zero-order valence-corrected chi connectivity index (χ0v) is 35.6. The van der Waals surface area contributed by atoms with Crippen molar-refractivity contribution in [1.82, 2.24) is 34.9 Å². The number of pyridine rings is 1. The largest absolute Gasteiger partial charge is 0.477 e. The summed E-state index contributed by atoms with van der Waals surface area (Å²) < 4.78 is 38.2. The van der Waals surface area contributed by atoms with E-state index in [0.29, 0.717) is 84.3 Å². The number of ether oxygens (including phenoxy) is 1. The van der Waals surface area contributed by atoms with Crippen molar-refractivity contribution in [1.29, 1.82) is 0 Å². The molecule has 8 rings (SSSR count). The van der Waals surface area contributed by atoms with Gasteiger partial charge in [0.25, 0.3) is 5.91 Å². The summed E-state index contributed by atoms with van der Waals surface area (Å²) in [6, 6.07) is 11.8. The molecule has 3 atom stereocenters. The van der Waals surface area contributed by atoms with Gasteiger partial charge in [0.1, 0.15) is 11.6 Å². The van der Waals surface area contributed by atoms with Crippen molar-refractivity contribution in [2.75, 3.05) is 67.6 Å². The third-order valence-corrected chi connectivity index (χ3v) is 12.5. The molecule has 0 unspecified atom stereocenters. The van der Waals surface area contributed by atoms with E-state index in [9.17, 15) is 19.5 Å². The summed E-state index contributed by atoms with van der Waals surface area (Å²) in [6.07, 6.45) is 4.96. The van der Waals surface area contributed by atoms with Crippen molar-refractivity contribution in [2.24, 2.45) is 18.9 Å². The Morgan fingerprint density at radius 1 is 1.03 bits per heavy atom. The number of hydrogen-bond donors (Lipinski definition) is 4. The van der Waals surface area contributed by atoms with E-state index in [0.717, 1.165) is 43.6 Å². The van der Waals surface area contributed by atoms with Crippen LogP contribution in [0.4, 0.5) is 26.1 Å². The lowest BCUT2D eigenvalue weighted by Crippen LogP contribution is -2.59. The van der Waals surface area contributed by atoms with Gasteiger partial charge >= 0.3 is 0 Å². The van der Waals surface area contributed by atoms with Gasteiger partial charge in [-0.25, -0.2) is 18.4 Å². The molecule has 0 spiro atoms. The number of aromatic amines is 1. The van der Waals surface area contributed by atoms with Gasteiger partial charge in [0.15, 0.2) is 0 Å². The van der Waals surface area contributed by atoms with Crippen molar-refractivity contribution in [3.63, 3.8) is 0 Å². The van der Waals surface area contributed by atoms with Crippen LogP contribution in [0.2, 0.25) is 0 Å². The van der Waals surface area contributed by atoms with Gasteiger partial charge in [-0.15, -0.1) is 0 Å². The minimum absolute atomic E-state index is 0.0304. The standard InChI is InChI=1S/C45H54F2N10O5/c1-5-26(2)7-6-14-62-44-34(20-48-54(44)4)38-16-29(15-27(3)49-38)42(60)53-45-50-37-10-8-30(19-39(37)51-45)56-13-12-55(32(24-56)25-58)21-28-22-57(23-28)31-17-35(46)41(36(47)18-31)33-9-11-40(59)52-43(33)61/h8,10,15-20,26,28,32-33,58H,5-7,9,11-14,21-25H2,1-4H3,(H,52,59,61)(H2,50,51,53,60)/t26-,32+,33+/m0/s1. The van der Waals surface area contributed by atoms with Gasteiger partial charge < -0.3 is 24.6 Å². The molecule has 2 aromatic carbocycles. The molecule has 4 N–H and O–H groups in total. The fourth-order valence-corrected chi connectivity index (χ4v) is 8.77. The summed E-state index contributed by atoms with van der Waals surface area (Å²) in [4.78, 5) is 56.4. The second-order valence-corrected chi connectivity index (χ2v) is 17.0. The Morgan fingerprint density at radius 2 is 1.82 bits per heavy atom. The minimum atomic E-state index is -1.04. The van der Waals surface area contributed by atoms with E-state index in [1.54, 1.807) is 23.0 Å². The van der Waals surface area contributed by atoms with Crippen LogP contribution in [0.1, 0.15) is 73.5 Å². The molecule has 3 aliphatic rings. The first-order chi connectivity index (χ1) is 29.9. The van der Waals surface area contributed by atoms with E-state index >= 15 is 8.78 Å². The van der Waals surface area contributed by atoms with Gasteiger partial charge in [-0.05, 0) is 74.6 Å². The number of benzene rings is 2. The van der Waals surface area contributed by atoms with E-state index in [-0.39, 0.29) is 42.9 Å². The summed E-state index contributed by atoms with van der Waals surface area (Å²) >= 11 is 0. The predicted octanol–water partition coefficient (Wildman–Crippen LogP) is 5.54. The van der Waals surface area contributed by atoms with Crippen molar-refractivity contribution < 1.29 is 33.0 Å². The highest BCUT2D eigenvalue weighted by atomic mass is 19.1. The van der Waals surface area contributed by atoms with E-state index in [1.807, 2.05) is 37.1 Å². The molecule has 17 heteroatoms. The molecular formula is C45H54F2N10O5. The zero-order chi connectivity index (χ0) is 43.7. The maximum atomic E-state index is 15.2. The normalized spacial score (nSPS) is 19.1. The summed E-state index contributed by atoms with van der Waals surface area (Å²) in [5, 5.41) is 19.9. The van der Waals surface area contributed by atoms with E-state index in [2.05, 4.69) is 49.3 Å². The molecule has 5 aromatic rings. The smallest absolute Gasteiger partial charge is 0.258 e. The third kappa shape index (κ3) is 9.14. The number of hydrogen-bond acceptors (Lipinski definition) is 11. The van der Waals surface area contributed by atoms with E-state index < -0.39 is 29.4 Å². The van der Waals surface area contributed by atoms with Crippen LogP contribution >= 0.6 is 0 Å².